The minimum Gasteiger partial charge on any atom is -0.486 e. The molecule has 1 aliphatic heterocycles. The number of hydrogen-bond acceptors (Lipinski definition) is 6. The van der Waals surface area contributed by atoms with Crippen LogP contribution in [0.1, 0.15) is 16.1 Å². The Morgan fingerprint density at radius 3 is 2.61 bits per heavy atom. The van der Waals surface area contributed by atoms with Gasteiger partial charge in [0, 0.05) is 11.9 Å². The molecule has 0 radical (unpaired) electrons. The van der Waals surface area contributed by atoms with Crippen LogP contribution in [0.5, 0.6) is 5.75 Å². The Balaban J connectivity index is 1.94. The van der Waals surface area contributed by atoms with E-state index in [4.69, 9.17) is 25.2 Å². The number of methoxy groups -OCH3 is 1. The van der Waals surface area contributed by atoms with Gasteiger partial charge in [-0.05, 0) is 24.3 Å². The molecule has 1 aliphatic rings. The summed E-state index contributed by atoms with van der Waals surface area (Å²) >= 11 is 0. The van der Waals surface area contributed by atoms with Crippen molar-refractivity contribution in [1.82, 2.24) is 4.57 Å². The average molecular weight is 313 g/mol. The summed E-state index contributed by atoms with van der Waals surface area (Å²) in [6, 6.07) is 9.10. The molecule has 0 unspecified atom stereocenters. The van der Waals surface area contributed by atoms with Crippen molar-refractivity contribution in [1.29, 1.82) is 5.26 Å². The summed E-state index contributed by atoms with van der Waals surface area (Å²) in [6.07, 6.45) is 1.59. The molecule has 0 bridgehead atoms. The van der Waals surface area contributed by atoms with E-state index < -0.39 is 5.97 Å². The third kappa shape index (κ3) is 2.72. The molecule has 3 rings (SSSR count). The van der Waals surface area contributed by atoms with Crippen molar-refractivity contribution in [3.8, 4) is 17.5 Å². The highest BCUT2D eigenvalue weighted by molar-refractivity contribution is 5.95. The second-order valence-electron chi connectivity index (χ2n) is 5.05. The maximum absolute atomic E-state index is 11.9. The molecule has 1 aromatic carbocycles. The van der Waals surface area contributed by atoms with Gasteiger partial charge in [0.15, 0.2) is 5.69 Å². The van der Waals surface area contributed by atoms with Gasteiger partial charge in [-0.25, -0.2) is 4.79 Å². The number of anilines is 1. The topological polar surface area (TPSA) is 99.5 Å². The molecular weight excluding hydrogens is 298 g/mol. The number of benzene rings is 1. The van der Waals surface area contributed by atoms with Crippen LogP contribution in [-0.4, -0.2) is 37.0 Å². The number of hydrogen-bond donors (Lipinski definition) is 1. The standard InChI is InChI=1S/C16H15N3O4/c1-21-16(20)15-14(18)10(6-17)7-19(15)11-2-4-12(5-3-11)23-13-8-22-9-13/h2-5,7,13H,8-9,18H2,1H3. The predicted octanol–water partition coefficient (Wildman–Crippen LogP) is 1.50. The number of nitrogens with two attached hydrogens (primary N) is 1. The van der Waals surface area contributed by atoms with Crippen LogP contribution in [0.2, 0.25) is 0 Å². The number of nitrogens with zero attached hydrogens (tertiary/aromatic N) is 2. The van der Waals surface area contributed by atoms with E-state index in [0.29, 0.717) is 24.7 Å². The second kappa shape index (κ2) is 6.02. The molecule has 7 heteroatoms. The maximum Gasteiger partial charge on any atom is 0.357 e. The van der Waals surface area contributed by atoms with E-state index in [0.717, 1.165) is 0 Å². The lowest BCUT2D eigenvalue weighted by molar-refractivity contribution is -0.0796. The van der Waals surface area contributed by atoms with Gasteiger partial charge >= 0.3 is 5.97 Å². The van der Waals surface area contributed by atoms with Crippen molar-refractivity contribution >= 4 is 11.7 Å². The summed E-state index contributed by atoms with van der Waals surface area (Å²) in [6.45, 7) is 1.18. The Labute approximate surface area is 132 Å². The highest BCUT2D eigenvalue weighted by Crippen LogP contribution is 2.26. The van der Waals surface area contributed by atoms with Crippen molar-refractivity contribution in [2.75, 3.05) is 26.1 Å². The molecule has 7 nitrogen and oxygen atoms in total. The Bertz CT molecular complexity index is 770. The summed E-state index contributed by atoms with van der Waals surface area (Å²) in [7, 11) is 1.27. The molecule has 118 valence electrons. The van der Waals surface area contributed by atoms with Crippen molar-refractivity contribution < 1.29 is 19.0 Å². The minimum atomic E-state index is -0.601. The molecule has 0 atom stereocenters. The van der Waals surface area contributed by atoms with Crippen molar-refractivity contribution in [2.24, 2.45) is 0 Å². The molecule has 0 spiro atoms. The van der Waals surface area contributed by atoms with Gasteiger partial charge in [-0.2, -0.15) is 5.26 Å². The molecule has 2 aromatic rings. The smallest absolute Gasteiger partial charge is 0.357 e. The zero-order valence-corrected chi connectivity index (χ0v) is 12.5. The fourth-order valence-electron chi connectivity index (χ4n) is 2.28. The normalized spacial score (nSPS) is 13.9. The highest BCUT2D eigenvalue weighted by Gasteiger charge is 2.22. The van der Waals surface area contributed by atoms with Crippen molar-refractivity contribution in [2.45, 2.75) is 6.10 Å². The fourth-order valence-corrected chi connectivity index (χ4v) is 2.28. The molecule has 0 aliphatic carbocycles. The van der Waals surface area contributed by atoms with Crippen molar-refractivity contribution in [3.63, 3.8) is 0 Å². The lowest BCUT2D eigenvalue weighted by atomic mass is 10.2. The van der Waals surface area contributed by atoms with Crippen LogP contribution in [-0.2, 0) is 9.47 Å². The summed E-state index contributed by atoms with van der Waals surface area (Å²) in [5.41, 5.74) is 7.00. The first-order valence-corrected chi connectivity index (χ1v) is 6.98. The number of aromatic nitrogens is 1. The monoisotopic (exact) mass is 313 g/mol. The third-order valence-electron chi connectivity index (χ3n) is 3.57. The van der Waals surface area contributed by atoms with Gasteiger partial charge in [0.1, 0.15) is 17.9 Å². The summed E-state index contributed by atoms with van der Waals surface area (Å²) in [5, 5.41) is 9.11. The van der Waals surface area contributed by atoms with Gasteiger partial charge in [0.05, 0.1) is 31.6 Å². The average Bonchev–Trinajstić information content (AvgIpc) is 2.87. The summed E-state index contributed by atoms with van der Waals surface area (Å²) < 4.78 is 17.0. The SMILES string of the molecule is COC(=O)c1c(N)c(C#N)cn1-c1ccc(OC2COC2)cc1. The zero-order chi connectivity index (χ0) is 16.4. The number of nitriles is 1. The van der Waals surface area contributed by atoms with Crippen LogP contribution in [0.3, 0.4) is 0 Å². The maximum atomic E-state index is 11.9. The summed E-state index contributed by atoms with van der Waals surface area (Å²) in [5.74, 6) is 0.109. The van der Waals surface area contributed by atoms with E-state index in [9.17, 15) is 4.79 Å². The minimum absolute atomic E-state index is 0.0823. The van der Waals surface area contributed by atoms with Crippen molar-refractivity contribution in [3.05, 3.63) is 41.7 Å². The zero-order valence-electron chi connectivity index (χ0n) is 12.5. The van der Waals surface area contributed by atoms with Gasteiger partial charge in [-0.15, -0.1) is 0 Å². The number of esters is 1. The van der Waals surface area contributed by atoms with Gasteiger partial charge < -0.3 is 24.5 Å². The lowest BCUT2D eigenvalue weighted by Crippen LogP contribution is -2.38. The quantitative estimate of drug-likeness (QED) is 0.859. The van der Waals surface area contributed by atoms with Gasteiger partial charge in [0.25, 0.3) is 0 Å². The molecule has 1 saturated heterocycles. The largest absolute Gasteiger partial charge is 0.486 e. The van der Waals surface area contributed by atoms with Crippen LogP contribution in [0.25, 0.3) is 5.69 Å². The highest BCUT2D eigenvalue weighted by atomic mass is 16.6. The van der Waals surface area contributed by atoms with Gasteiger partial charge in [0.2, 0.25) is 0 Å². The molecule has 23 heavy (non-hydrogen) atoms. The van der Waals surface area contributed by atoms with Crippen LogP contribution >= 0.6 is 0 Å². The molecule has 2 heterocycles. The van der Waals surface area contributed by atoms with E-state index in [1.165, 1.54) is 17.9 Å². The fraction of sp³-hybridized carbons (Fsp3) is 0.250. The predicted molar refractivity (Wildman–Crippen MR) is 81.5 cm³/mol. The third-order valence-corrected chi connectivity index (χ3v) is 3.57. The van der Waals surface area contributed by atoms with E-state index in [-0.39, 0.29) is 23.0 Å². The van der Waals surface area contributed by atoms with Crippen LogP contribution in [0.4, 0.5) is 5.69 Å². The summed E-state index contributed by atoms with van der Waals surface area (Å²) in [4.78, 5) is 11.9. The first kappa shape index (κ1) is 14.9. The van der Waals surface area contributed by atoms with E-state index in [1.807, 2.05) is 6.07 Å². The molecule has 0 amide bonds. The van der Waals surface area contributed by atoms with E-state index in [1.54, 1.807) is 24.3 Å². The first-order valence-electron chi connectivity index (χ1n) is 6.98. The Morgan fingerprint density at radius 1 is 1.39 bits per heavy atom. The van der Waals surface area contributed by atoms with E-state index >= 15 is 0 Å². The molecule has 1 aromatic heterocycles. The number of rotatable bonds is 4. The molecular formula is C16H15N3O4. The van der Waals surface area contributed by atoms with Crippen LogP contribution in [0.15, 0.2) is 30.5 Å². The number of nitrogen functional groups attached to an aromatic ring is 1. The molecule has 2 N–H and O–H groups in total. The van der Waals surface area contributed by atoms with Crippen LogP contribution < -0.4 is 10.5 Å². The van der Waals surface area contributed by atoms with Crippen LogP contribution in [0, 0.1) is 11.3 Å². The number of ether oxygens (including phenoxy) is 3. The number of carbonyl (C=O) groups is 1. The van der Waals surface area contributed by atoms with Gasteiger partial charge in [-0.1, -0.05) is 0 Å². The Hall–Kier alpha value is -2.98. The second-order valence-corrected chi connectivity index (χ2v) is 5.05. The lowest BCUT2D eigenvalue weighted by Gasteiger charge is -2.26. The molecule has 1 fully saturated rings. The Kier molecular flexibility index (Phi) is 3.91. The number of carbonyl (C=O) groups excluding carboxylic acids is 1. The first-order chi connectivity index (χ1) is 11.1. The van der Waals surface area contributed by atoms with E-state index in [2.05, 4.69) is 0 Å². The van der Waals surface area contributed by atoms with Gasteiger partial charge in [-0.3, -0.25) is 0 Å². The Morgan fingerprint density at radius 2 is 2.09 bits per heavy atom. The molecule has 0 saturated carbocycles.